The van der Waals surface area contributed by atoms with Gasteiger partial charge in [-0.15, -0.1) is 0 Å². The summed E-state index contributed by atoms with van der Waals surface area (Å²) in [5, 5.41) is 10.6. The van der Waals surface area contributed by atoms with Gasteiger partial charge in [0.15, 0.2) is 0 Å². The molecule has 0 aliphatic heterocycles. The smallest absolute Gasteiger partial charge is 0.126 e. The predicted molar refractivity (Wildman–Crippen MR) is 80.4 cm³/mol. The van der Waals surface area contributed by atoms with Crippen molar-refractivity contribution in [2.45, 2.75) is 18.9 Å². The molecule has 106 valence electrons. The molecule has 20 heavy (non-hydrogen) atoms. The van der Waals surface area contributed by atoms with Crippen molar-refractivity contribution in [3.63, 3.8) is 0 Å². The SMILES string of the molecule is COc1ccc(C(C)(O)Cc2cc(Br)ccc2F)cc1. The minimum absolute atomic E-state index is 0.199. The van der Waals surface area contributed by atoms with Gasteiger partial charge in [-0.25, -0.2) is 4.39 Å². The lowest BCUT2D eigenvalue weighted by Gasteiger charge is -2.24. The fraction of sp³-hybridized carbons (Fsp3) is 0.250. The Morgan fingerprint density at radius 2 is 1.85 bits per heavy atom. The van der Waals surface area contributed by atoms with Crippen molar-refractivity contribution in [3.05, 3.63) is 63.9 Å². The van der Waals surface area contributed by atoms with Crippen molar-refractivity contribution >= 4 is 15.9 Å². The minimum Gasteiger partial charge on any atom is -0.497 e. The van der Waals surface area contributed by atoms with Crippen LogP contribution in [0, 0.1) is 5.82 Å². The third-order valence-corrected chi connectivity index (χ3v) is 3.75. The van der Waals surface area contributed by atoms with Gasteiger partial charge in [-0.1, -0.05) is 28.1 Å². The number of hydrogen-bond acceptors (Lipinski definition) is 2. The molecule has 1 unspecified atom stereocenters. The molecular formula is C16H16BrFO2. The molecule has 2 nitrogen and oxygen atoms in total. The van der Waals surface area contributed by atoms with E-state index in [9.17, 15) is 9.50 Å². The second kappa shape index (κ2) is 5.94. The topological polar surface area (TPSA) is 29.5 Å². The largest absolute Gasteiger partial charge is 0.497 e. The van der Waals surface area contributed by atoms with E-state index in [0.29, 0.717) is 5.56 Å². The van der Waals surface area contributed by atoms with Gasteiger partial charge in [0.05, 0.1) is 12.7 Å². The average Bonchev–Trinajstić information content (AvgIpc) is 2.43. The molecule has 2 aromatic rings. The molecule has 0 heterocycles. The molecule has 2 rings (SSSR count). The Labute approximate surface area is 126 Å². The van der Waals surface area contributed by atoms with Gasteiger partial charge in [-0.05, 0) is 48.4 Å². The molecule has 0 bridgehead atoms. The molecule has 1 atom stereocenters. The van der Waals surface area contributed by atoms with Crippen LogP contribution in [0.1, 0.15) is 18.1 Å². The van der Waals surface area contributed by atoms with Crippen molar-refractivity contribution in [2.24, 2.45) is 0 Å². The highest BCUT2D eigenvalue weighted by Gasteiger charge is 2.25. The van der Waals surface area contributed by atoms with Crippen LogP contribution in [-0.2, 0) is 12.0 Å². The van der Waals surface area contributed by atoms with Crippen LogP contribution in [0.3, 0.4) is 0 Å². The summed E-state index contributed by atoms with van der Waals surface area (Å²) >= 11 is 3.31. The Kier molecular flexibility index (Phi) is 4.45. The number of halogens is 2. The molecule has 0 saturated heterocycles. The summed E-state index contributed by atoms with van der Waals surface area (Å²) in [5.74, 6) is 0.403. The van der Waals surface area contributed by atoms with Gasteiger partial charge < -0.3 is 9.84 Å². The van der Waals surface area contributed by atoms with Gasteiger partial charge in [-0.2, -0.15) is 0 Å². The molecule has 0 saturated carbocycles. The average molecular weight is 339 g/mol. The zero-order chi connectivity index (χ0) is 14.8. The quantitative estimate of drug-likeness (QED) is 0.911. The maximum absolute atomic E-state index is 13.8. The van der Waals surface area contributed by atoms with Gasteiger partial charge in [0, 0.05) is 10.9 Å². The van der Waals surface area contributed by atoms with E-state index in [1.807, 2.05) is 0 Å². The maximum Gasteiger partial charge on any atom is 0.126 e. The molecule has 0 aromatic heterocycles. The molecule has 2 aromatic carbocycles. The van der Waals surface area contributed by atoms with Gasteiger partial charge in [-0.3, -0.25) is 0 Å². The van der Waals surface area contributed by atoms with E-state index >= 15 is 0 Å². The van der Waals surface area contributed by atoms with Crippen molar-refractivity contribution < 1.29 is 14.2 Å². The number of hydrogen-bond donors (Lipinski definition) is 1. The summed E-state index contributed by atoms with van der Waals surface area (Å²) in [6, 6.07) is 11.9. The number of aliphatic hydroxyl groups is 1. The summed E-state index contributed by atoms with van der Waals surface area (Å²) in [4.78, 5) is 0. The van der Waals surface area contributed by atoms with Gasteiger partial charge >= 0.3 is 0 Å². The summed E-state index contributed by atoms with van der Waals surface area (Å²) in [6.07, 6.45) is 0.199. The summed E-state index contributed by atoms with van der Waals surface area (Å²) in [5.41, 5.74) is 0.0475. The van der Waals surface area contributed by atoms with E-state index in [1.165, 1.54) is 6.07 Å². The molecule has 0 aliphatic rings. The number of ether oxygens (including phenoxy) is 1. The van der Waals surface area contributed by atoms with Crippen molar-refractivity contribution in [2.75, 3.05) is 7.11 Å². The molecular weight excluding hydrogens is 323 g/mol. The van der Waals surface area contributed by atoms with E-state index in [4.69, 9.17) is 4.74 Å². The van der Waals surface area contributed by atoms with Crippen LogP contribution < -0.4 is 4.74 Å². The normalized spacial score (nSPS) is 13.8. The summed E-state index contributed by atoms with van der Waals surface area (Å²) < 4.78 is 19.7. The third kappa shape index (κ3) is 3.38. The maximum atomic E-state index is 13.8. The van der Waals surface area contributed by atoms with E-state index in [1.54, 1.807) is 50.4 Å². The Morgan fingerprint density at radius 3 is 2.45 bits per heavy atom. The van der Waals surface area contributed by atoms with Gasteiger partial charge in [0.2, 0.25) is 0 Å². The van der Waals surface area contributed by atoms with Crippen molar-refractivity contribution in [3.8, 4) is 5.75 Å². The van der Waals surface area contributed by atoms with Crippen LogP contribution in [0.5, 0.6) is 5.75 Å². The van der Waals surface area contributed by atoms with Crippen molar-refractivity contribution in [1.82, 2.24) is 0 Å². The second-order valence-electron chi connectivity index (χ2n) is 4.91. The van der Waals surface area contributed by atoms with Crippen LogP contribution in [0.25, 0.3) is 0 Å². The molecule has 4 heteroatoms. The van der Waals surface area contributed by atoms with Crippen LogP contribution in [0.2, 0.25) is 0 Å². The van der Waals surface area contributed by atoms with Gasteiger partial charge in [0.25, 0.3) is 0 Å². The summed E-state index contributed by atoms with van der Waals surface area (Å²) in [7, 11) is 1.59. The lowest BCUT2D eigenvalue weighted by Crippen LogP contribution is -2.24. The number of methoxy groups -OCH3 is 1. The molecule has 0 spiro atoms. The van der Waals surface area contributed by atoms with Gasteiger partial charge in [0.1, 0.15) is 11.6 Å². The minimum atomic E-state index is -1.14. The molecule has 1 N–H and O–H groups in total. The first-order valence-corrected chi connectivity index (χ1v) is 7.02. The molecule has 0 radical (unpaired) electrons. The summed E-state index contributed by atoms with van der Waals surface area (Å²) in [6.45, 7) is 1.68. The zero-order valence-electron chi connectivity index (χ0n) is 11.4. The Hall–Kier alpha value is -1.39. The number of benzene rings is 2. The Morgan fingerprint density at radius 1 is 1.20 bits per heavy atom. The Balaban J connectivity index is 2.27. The third-order valence-electron chi connectivity index (χ3n) is 3.25. The fourth-order valence-electron chi connectivity index (χ4n) is 2.10. The van der Waals surface area contributed by atoms with Crippen LogP contribution in [0.4, 0.5) is 4.39 Å². The first kappa shape index (κ1) is 15.0. The first-order chi connectivity index (χ1) is 9.42. The van der Waals surface area contributed by atoms with E-state index in [0.717, 1.165) is 15.8 Å². The monoisotopic (exact) mass is 338 g/mol. The Bertz CT molecular complexity index is 594. The van der Waals surface area contributed by atoms with E-state index in [-0.39, 0.29) is 12.2 Å². The van der Waals surface area contributed by atoms with E-state index < -0.39 is 5.60 Å². The molecule has 0 fully saturated rings. The van der Waals surface area contributed by atoms with Crippen LogP contribution in [0.15, 0.2) is 46.9 Å². The molecule has 0 aliphatic carbocycles. The second-order valence-corrected chi connectivity index (χ2v) is 5.83. The first-order valence-electron chi connectivity index (χ1n) is 6.23. The highest BCUT2D eigenvalue weighted by Crippen LogP contribution is 2.29. The standard InChI is InChI=1S/C16H16BrFO2/c1-16(19,12-3-6-14(20-2)7-4-12)10-11-9-13(17)5-8-15(11)18/h3-9,19H,10H2,1-2H3. The lowest BCUT2D eigenvalue weighted by molar-refractivity contribution is 0.0566. The van der Waals surface area contributed by atoms with Crippen molar-refractivity contribution in [1.29, 1.82) is 0 Å². The predicted octanol–water partition coefficient (Wildman–Crippen LogP) is 4.05. The zero-order valence-corrected chi connectivity index (χ0v) is 12.9. The lowest BCUT2D eigenvalue weighted by atomic mass is 9.89. The fourth-order valence-corrected chi connectivity index (χ4v) is 2.51. The van der Waals surface area contributed by atoms with Crippen LogP contribution >= 0.6 is 15.9 Å². The van der Waals surface area contributed by atoms with Crippen LogP contribution in [-0.4, -0.2) is 12.2 Å². The molecule has 0 amide bonds. The van der Waals surface area contributed by atoms with E-state index in [2.05, 4.69) is 15.9 Å². The number of rotatable bonds is 4. The highest BCUT2D eigenvalue weighted by molar-refractivity contribution is 9.10. The highest BCUT2D eigenvalue weighted by atomic mass is 79.9.